The van der Waals surface area contributed by atoms with Crippen LogP contribution in [0.15, 0.2) is 18.2 Å². The number of halogens is 1. The minimum atomic E-state index is 0.00296. The van der Waals surface area contributed by atoms with Gasteiger partial charge in [-0.25, -0.2) is 0 Å². The highest BCUT2D eigenvalue weighted by molar-refractivity contribution is 6.20. The topological polar surface area (TPSA) is 18.5 Å². The molecular weight excluding hydrogens is 236 g/mol. The van der Waals surface area contributed by atoms with Crippen LogP contribution < -0.4 is 9.47 Å². The van der Waals surface area contributed by atoms with Crippen molar-refractivity contribution in [3.8, 4) is 11.5 Å². The second-order valence-corrected chi connectivity index (χ2v) is 5.72. The number of ether oxygens (including phenoxy) is 2. The van der Waals surface area contributed by atoms with Gasteiger partial charge in [-0.3, -0.25) is 0 Å². The molecule has 2 nitrogen and oxygen atoms in total. The molecule has 17 heavy (non-hydrogen) atoms. The predicted molar refractivity (Wildman–Crippen MR) is 72.5 cm³/mol. The lowest BCUT2D eigenvalue weighted by atomic mass is 9.80. The molecule has 96 valence electrons. The Morgan fingerprint density at radius 1 is 1.12 bits per heavy atom. The van der Waals surface area contributed by atoms with E-state index in [1.165, 1.54) is 5.56 Å². The van der Waals surface area contributed by atoms with E-state index >= 15 is 0 Å². The molecule has 1 rings (SSSR count). The van der Waals surface area contributed by atoms with Gasteiger partial charge in [0.25, 0.3) is 0 Å². The molecule has 1 atom stereocenters. The first kappa shape index (κ1) is 14.2. The Kier molecular flexibility index (Phi) is 4.70. The van der Waals surface area contributed by atoms with E-state index in [1.54, 1.807) is 14.2 Å². The molecule has 0 saturated carbocycles. The Morgan fingerprint density at radius 3 is 1.94 bits per heavy atom. The molecule has 0 N–H and O–H groups in total. The minimum Gasteiger partial charge on any atom is -0.497 e. The quantitative estimate of drug-likeness (QED) is 0.742. The SMILES string of the molecule is COc1cc(OC)cc(C(C)(C)CC(C)Cl)c1. The molecule has 0 aliphatic rings. The van der Waals surface area contributed by atoms with E-state index in [4.69, 9.17) is 21.1 Å². The fourth-order valence-electron chi connectivity index (χ4n) is 2.02. The first-order valence-electron chi connectivity index (χ1n) is 5.76. The number of alkyl halides is 1. The molecule has 1 aromatic carbocycles. The van der Waals surface area contributed by atoms with Gasteiger partial charge >= 0.3 is 0 Å². The molecule has 1 unspecified atom stereocenters. The van der Waals surface area contributed by atoms with Crippen LogP contribution >= 0.6 is 11.6 Å². The molecule has 0 heterocycles. The van der Waals surface area contributed by atoms with Gasteiger partial charge in [0.15, 0.2) is 0 Å². The molecule has 0 bridgehead atoms. The summed E-state index contributed by atoms with van der Waals surface area (Å²) < 4.78 is 10.6. The van der Waals surface area contributed by atoms with Crippen LogP contribution in [0.2, 0.25) is 0 Å². The molecule has 0 aliphatic heterocycles. The van der Waals surface area contributed by atoms with Gasteiger partial charge in [0, 0.05) is 11.4 Å². The summed E-state index contributed by atoms with van der Waals surface area (Å²) in [4.78, 5) is 0. The third-order valence-electron chi connectivity index (χ3n) is 2.92. The molecular formula is C14H21ClO2. The maximum Gasteiger partial charge on any atom is 0.122 e. The van der Waals surface area contributed by atoms with E-state index in [1.807, 2.05) is 25.1 Å². The van der Waals surface area contributed by atoms with Crippen molar-refractivity contribution in [2.75, 3.05) is 14.2 Å². The van der Waals surface area contributed by atoms with Crippen molar-refractivity contribution in [1.29, 1.82) is 0 Å². The Balaban J connectivity index is 3.11. The standard InChI is InChI=1S/C14H21ClO2/c1-10(15)9-14(2,3)11-6-12(16-4)8-13(7-11)17-5/h6-8,10H,9H2,1-5H3. The van der Waals surface area contributed by atoms with E-state index < -0.39 is 0 Å². The third kappa shape index (κ3) is 3.81. The van der Waals surface area contributed by atoms with Crippen LogP contribution in [0.25, 0.3) is 0 Å². The highest BCUT2D eigenvalue weighted by Gasteiger charge is 2.24. The first-order valence-corrected chi connectivity index (χ1v) is 6.20. The predicted octanol–water partition coefficient (Wildman–Crippen LogP) is 4.00. The molecule has 0 spiro atoms. The van der Waals surface area contributed by atoms with E-state index in [9.17, 15) is 0 Å². The first-order chi connectivity index (χ1) is 7.89. The van der Waals surface area contributed by atoms with E-state index in [0.717, 1.165) is 17.9 Å². The van der Waals surface area contributed by atoms with Gasteiger partial charge in [0.1, 0.15) is 11.5 Å². The molecule has 0 radical (unpaired) electrons. The van der Waals surface area contributed by atoms with E-state index in [2.05, 4.69) is 13.8 Å². The Hall–Kier alpha value is -0.890. The summed E-state index contributed by atoms with van der Waals surface area (Å²) in [5, 5.41) is 0.141. The second kappa shape index (κ2) is 5.63. The maximum absolute atomic E-state index is 6.10. The van der Waals surface area contributed by atoms with Crippen LogP contribution in [0, 0.1) is 0 Å². The summed E-state index contributed by atoms with van der Waals surface area (Å²) in [6.07, 6.45) is 0.908. The van der Waals surface area contributed by atoms with Crippen LogP contribution in [-0.4, -0.2) is 19.6 Å². The van der Waals surface area contributed by atoms with Crippen LogP contribution in [0.5, 0.6) is 11.5 Å². The fourth-order valence-corrected chi connectivity index (χ4v) is 2.40. The van der Waals surface area contributed by atoms with Crippen molar-refractivity contribution >= 4 is 11.6 Å². The van der Waals surface area contributed by atoms with Gasteiger partial charge in [-0.2, -0.15) is 0 Å². The Morgan fingerprint density at radius 2 is 1.59 bits per heavy atom. The number of benzene rings is 1. The van der Waals surface area contributed by atoms with Gasteiger partial charge in [-0.05, 0) is 36.5 Å². The number of methoxy groups -OCH3 is 2. The zero-order valence-electron chi connectivity index (χ0n) is 11.2. The smallest absolute Gasteiger partial charge is 0.122 e. The fraction of sp³-hybridized carbons (Fsp3) is 0.571. The third-order valence-corrected chi connectivity index (χ3v) is 3.08. The van der Waals surface area contributed by atoms with Crippen LogP contribution in [0.1, 0.15) is 32.8 Å². The van der Waals surface area contributed by atoms with Crippen molar-refractivity contribution in [2.24, 2.45) is 0 Å². The molecule has 0 amide bonds. The van der Waals surface area contributed by atoms with Crippen LogP contribution in [0.4, 0.5) is 0 Å². The van der Waals surface area contributed by atoms with E-state index in [0.29, 0.717) is 0 Å². The summed E-state index contributed by atoms with van der Waals surface area (Å²) in [6.45, 7) is 6.38. The van der Waals surface area contributed by atoms with Crippen molar-refractivity contribution in [3.63, 3.8) is 0 Å². The molecule has 0 fully saturated rings. The minimum absolute atomic E-state index is 0.00296. The summed E-state index contributed by atoms with van der Waals surface area (Å²) in [5.41, 5.74) is 1.18. The maximum atomic E-state index is 6.10. The van der Waals surface area contributed by atoms with E-state index in [-0.39, 0.29) is 10.8 Å². The number of hydrogen-bond acceptors (Lipinski definition) is 2. The monoisotopic (exact) mass is 256 g/mol. The summed E-state index contributed by atoms with van der Waals surface area (Å²) >= 11 is 6.10. The van der Waals surface area contributed by atoms with Gasteiger partial charge in [0.05, 0.1) is 14.2 Å². The zero-order valence-corrected chi connectivity index (χ0v) is 12.0. The largest absolute Gasteiger partial charge is 0.497 e. The molecule has 0 saturated heterocycles. The van der Waals surface area contributed by atoms with Gasteiger partial charge in [-0.15, -0.1) is 11.6 Å². The number of rotatable bonds is 5. The lowest BCUT2D eigenvalue weighted by molar-refractivity contribution is 0.388. The zero-order chi connectivity index (χ0) is 13.1. The van der Waals surface area contributed by atoms with Gasteiger partial charge in [-0.1, -0.05) is 13.8 Å². The molecule has 0 aliphatic carbocycles. The Bertz CT molecular complexity index is 350. The lowest BCUT2D eigenvalue weighted by Gasteiger charge is -2.27. The van der Waals surface area contributed by atoms with Crippen molar-refractivity contribution in [2.45, 2.75) is 38.0 Å². The summed E-state index contributed by atoms with van der Waals surface area (Å²) in [5.74, 6) is 1.63. The average Bonchev–Trinajstić information content (AvgIpc) is 2.26. The molecule has 0 aromatic heterocycles. The summed E-state index contributed by atoms with van der Waals surface area (Å²) in [6, 6.07) is 5.97. The van der Waals surface area contributed by atoms with Gasteiger partial charge < -0.3 is 9.47 Å². The summed E-state index contributed by atoms with van der Waals surface area (Å²) in [7, 11) is 3.32. The second-order valence-electron chi connectivity index (χ2n) is 4.97. The van der Waals surface area contributed by atoms with Crippen molar-refractivity contribution < 1.29 is 9.47 Å². The highest BCUT2D eigenvalue weighted by Crippen LogP contribution is 2.34. The van der Waals surface area contributed by atoms with Gasteiger partial charge in [0.2, 0.25) is 0 Å². The molecule has 1 aromatic rings. The Labute approximate surface area is 109 Å². The van der Waals surface area contributed by atoms with Crippen molar-refractivity contribution in [1.82, 2.24) is 0 Å². The lowest BCUT2D eigenvalue weighted by Crippen LogP contribution is -2.21. The highest BCUT2D eigenvalue weighted by atomic mass is 35.5. The van der Waals surface area contributed by atoms with Crippen LogP contribution in [0.3, 0.4) is 0 Å². The van der Waals surface area contributed by atoms with Crippen molar-refractivity contribution in [3.05, 3.63) is 23.8 Å². The normalized spacial score (nSPS) is 13.3. The average molecular weight is 257 g/mol. The number of hydrogen-bond donors (Lipinski definition) is 0. The molecule has 3 heteroatoms. The van der Waals surface area contributed by atoms with Crippen LogP contribution in [-0.2, 0) is 5.41 Å².